The minimum atomic E-state index is -3.67. The van der Waals surface area contributed by atoms with Crippen LogP contribution in [0.1, 0.15) is 12.8 Å². The highest BCUT2D eigenvalue weighted by Gasteiger charge is 2.15. The molecule has 9 heteroatoms. The van der Waals surface area contributed by atoms with E-state index < -0.39 is 10.0 Å². The van der Waals surface area contributed by atoms with Gasteiger partial charge in [0.1, 0.15) is 0 Å². The first-order valence-corrected chi connectivity index (χ1v) is 9.68. The summed E-state index contributed by atoms with van der Waals surface area (Å²) in [5.74, 6) is 0.581. The van der Waals surface area contributed by atoms with Crippen LogP contribution in [-0.4, -0.2) is 31.0 Å². The summed E-state index contributed by atoms with van der Waals surface area (Å²) < 4.78 is 32.3. The molecule has 0 fully saturated rings. The van der Waals surface area contributed by atoms with Crippen LogP contribution in [0, 0.1) is 0 Å². The Morgan fingerprint density at radius 1 is 1.07 bits per heavy atom. The van der Waals surface area contributed by atoms with Crippen LogP contribution in [0.5, 0.6) is 0 Å². The van der Waals surface area contributed by atoms with Gasteiger partial charge < -0.3 is 9.84 Å². The van der Waals surface area contributed by atoms with Gasteiger partial charge in [-0.05, 0) is 24.3 Å². The Labute approximate surface area is 156 Å². The third-order valence-corrected chi connectivity index (χ3v) is 5.09. The molecule has 8 nitrogen and oxygen atoms in total. The van der Waals surface area contributed by atoms with Crippen LogP contribution < -0.4 is 10.0 Å². The maximum Gasteiger partial charge on any atom is 0.240 e. The van der Waals surface area contributed by atoms with Crippen LogP contribution in [0.2, 0.25) is 0 Å². The van der Waals surface area contributed by atoms with Crippen molar-refractivity contribution in [3.8, 4) is 11.4 Å². The van der Waals surface area contributed by atoms with Crippen LogP contribution in [-0.2, 0) is 21.2 Å². The van der Waals surface area contributed by atoms with Gasteiger partial charge in [0.2, 0.25) is 27.6 Å². The standard InChI is InChI=1S/C18H18N4O4S/c1-13(23)20-15-7-9-16(10-8-15)27(24,25)19-12-11-17-21-18(22-26-17)14-5-3-2-4-6-14/h2-10,19H,11-12H2,1H3,(H,20,23). The molecule has 140 valence electrons. The SMILES string of the molecule is CC(=O)Nc1ccc(S(=O)(=O)NCCc2nc(-c3ccccc3)no2)cc1. The Kier molecular flexibility index (Phi) is 5.63. The van der Waals surface area contributed by atoms with E-state index in [1.807, 2.05) is 30.3 Å². The zero-order valence-electron chi connectivity index (χ0n) is 14.5. The molecule has 0 spiro atoms. The number of sulfonamides is 1. The Bertz CT molecular complexity index is 1020. The lowest BCUT2D eigenvalue weighted by Crippen LogP contribution is -2.26. The van der Waals surface area contributed by atoms with Crippen molar-refractivity contribution in [1.82, 2.24) is 14.9 Å². The predicted octanol–water partition coefficient (Wildman–Crippen LogP) is 2.22. The van der Waals surface area contributed by atoms with Crippen molar-refractivity contribution < 1.29 is 17.7 Å². The highest BCUT2D eigenvalue weighted by Crippen LogP contribution is 2.16. The van der Waals surface area contributed by atoms with Crippen LogP contribution in [0.3, 0.4) is 0 Å². The number of rotatable bonds is 7. The van der Waals surface area contributed by atoms with Gasteiger partial charge >= 0.3 is 0 Å². The van der Waals surface area contributed by atoms with E-state index in [1.165, 1.54) is 31.2 Å². The van der Waals surface area contributed by atoms with Gasteiger partial charge in [-0.15, -0.1) is 0 Å². The van der Waals surface area contributed by atoms with E-state index in [-0.39, 0.29) is 23.8 Å². The van der Waals surface area contributed by atoms with Crippen molar-refractivity contribution in [2.45, 2.75) is 18.2 Å². The number of nitrogens with one attached hydrogen (secondary N) is 2. The molecule has 0 aliphatic carbocycles. The van der Waals surface area contributed by atoms with E-state index in [0.29, 0.717) is 17.4 Å². The molecular weight excluding hydrogens is 368 g/mol. The fourth-order valence-corrected chi connectivity index (χ4v) is 3.39. The van der Waals surface area contributed by atoms with E-state index in [4.69, 9.17) is 4.52 Å². The van der Waals surface area contributed by atoms with Crippen LogP contribution in [0.25, 0.3) is 11.4 Å². The van der Waals surface area contributed by atoms with E-state index in [1.54, 1.807) is 0 Å². The number of anilines is 1. The fraction of sp³-hybridized carbons (Fsp3) is 0.167. The number of hydrogen-bond donors (Lipinski definition) is 2. The van der Waals surface area contributed by atoms with Gasteiger partial charge in [0.25, 0.3) is 0 Å². The zero-order chi connectivity index (χ0) is 19.3. The first-order chi connectivity index (χ1) is 12.9. The second-order valence-electron chi connectivity index (χ2n) is 5.73. The molecule has 3 aromatic rings. The summed E-state index contributed by atoms with van der Waals surface area (Å²) in [5, 5.41) is 6.48. The van der Waals surface area contributed by atoms with Crippen LogP contribution >= 0.6 is 0 Å². The van der Waals surface area contributed by atoms with Gasteiger partial charge in [0, 0.05) is 31.1 Å². The second-order valence-corrected chi connectivity index (χ2v) is 7.50. The Hall–Kier alpha value is -3.04. The largest absolute Gasteiger partial charge is 0.339 e. The van der Waals surface area contributed by atoms with Crippen molar-refractivity contribution >= 4 is 21.6 Å². The molecule has 0 atom stereocenters. The summed E-state index contributed by atoms with van der Waals surface area (Å²) in [6, 6.07) is 15.3. The first-order valence-electron chi connectivity index (χ1n) is 8.19. The van der Waals surface area contributed by atoms with E-state index in [2.05, 4.69) is 20.2 Å². The molecule has 2 aromatic carbocycles. The summed E-state index contributed by atoms with van der Waals surface area (Å²) in [6.07, 6.45) is 0.267. The normalized spacial score (nSPS) is 11.3. The summed E-state index contributed by atoms with van der Waals surface area (Å²) in [4.78, 5) is 15.4. The molecule has 1 heterocycles. The van der Waals surface area contributed by atoms with Gasteiger partial charge in [0.05, 0.1) is 4.90 Å². The predicted molar refractivity (Wildman–Crippen MR) is 99.4 cm³/mol. The quantitative estimate of drug-likeness (QED) is 0.643. The van der Waals surface area contributed by atoms with Gasteiger partial charge in [-0.1, -0.05) is 35.5 Å². The topological polar surface area (TPSA) is 114 Å². The van der Waals surface area contributed by atoms with Gasteiger partial charge in [-0.3, -0.25) is 4.79 Å². The number of hydrogen-bond acceptors (Lipinski definition) is 6. The minimum absolute atomic E-state index is 0.104. The lowest BCUT2D eigenvalue weighted by molar-refractivity contribution is -0.114. The van der Waals surface area contributed by atoms with Gasteiger partial charge in [0.15, 0.2) is 0 Å². The molecule has 0 bridgehead atoms. The Morgan fingerprint density at radius 3 is 2.44 bits per heavy atom. The summed E-state index contributed by atoms with van der Waals surface area (Å²) in [7, 11) is -3.67. The Balaban J connectivity index is 1.58. The molecule has 3 rings (SSSR count). The molecule has 0 aliphatic heterocycles. The molecule has 27 heavy (non-hydrogen) atoms. The number of amides is 1. The fourth-order valence-electron chi connectivity index (χ4n) is 2.36. The van der Waals surface area contributed by atoms with Gasteiger partial charge in [-0.25, -0.2) is 13.1 Å². The minimum Gasteiger partial charge on any atom is -0.339 e. The van der Waals surface area contributed by atoms with Crippen LogP contribution in [0.15, 0.2) is 64.0 Å². The highest BCUT2D eigenvalue weighted by molar-refractivity contribution is 7.89. The molecule has 1 aromatic heterocycles. The summed E-state index contributed by atoms with van der Waals surface area (Å²) in [6.45, 7) is 1.50. The molecule has 0 radical (unpaired) electrons. The maximum absolute atomic E-state index is 12.3. The molecule has 0 aliphatic rings. The van der Waals surface area contributed by atoms with Crippen molar-refractivity contribution in [1.29, 1.82) is 0 Å². The number of nitrogens with zero attached hydrogens (tertiary/aromatic N) is 2. The van der Waals surface area contributed by atoms with Crippen molar-refractivity contribution in [3.63, 3.8) is 0 Å². The zero-order valence-corrected chi connectivity index (χ0v) is 15.4. The third kappa shape index (κ3) is 4.99. The number of carbonyl (C=O) groups is 1. The molecule has 1 amide bonds. The molecule has 0 saturated heterocycles. The Morgan fingerprint density at radius 2 is 1.78 bits per heavy atom. The number of aromatic nitrogens is 2. The van der Waals surface area contributed by atoms with Crippen molar-refractivity contribution in [3.05, 3.63) is 60.5 Å². The third-order valence-electron chi connectivity index (χ3n) is 3.62. The van der Waals surface area contributed by atoms with Crippen molar-refractivity contribution in [2.75, 3.05) is 11.9 Å². The van der Waals surface area contributed by atoms with Gasteiger partial charge in [-0.2, -0.15) is 4.98 Å². The maximum atomic E-state index is 12.3. The number of carbonyl (C=O) groups excluding carboxylic acids is 1. The monoisotopic (exact) mass is 386 g/mol. The molecular formula is C18H18N4O4S. The summed E-state index contributed by atoms with van der Waals surface area (Å²) in [5.41, 5.74) is 1.35. The lowest BCUT2D eigenvalue weighted by Gasteiger charge is -2.07. The van der Waals surface area contributed by atoms with Crippen molar-refractivity contribution in [2.24, 2.45) is 0 Å². The lowest BCUT2D eigenvalue weighted by atomic mass is 10.2. The second kappa shape index (κ2) is 8.11. The average molecular weight is 386 g/mol. The number of benzene rings is 2. The van der Waals surface area contributed by atoms with E-state index in [0.717, 1.165) is 5.56 Å². The van der Waals surface area contributed by atoms with Crippen LogP contribution in [0.4, 0.5) is 5.69 Å². The molecule has 2 N–H and O–H groups in total. The molecule has 0 unspecified atom stereocenters. The van der Waals surface area contributed by atoms with E-state index in [9.17, 15) is 13.2 Å². The average Bonchev–Trinajstić information content (AvgIpc) is 3.11. The highest BCUT2D eigenvalue weighted by atomic mass is 32.2. The smallest absolute Gasteiger partial charge is 0.240 e. The van der Waals surface area contributed by atoms with E-state index >= 15 is 0 Å². The molecule has 0 saturated carbocycles. The first kappa shape index (κ1) is 18.7. The summed E-state index contributed by atoms with van der Waals surface area (Å²) >= 11 is 0.